The van der Waals surface area contributed by atoms with E-state index in [4.69, 9.17) is 4.74 Å². The van der Waals surface area contributed by atoms with Gasteiger partial charge >= 0.3 is 0 Å². The molecular formula is C20H21FN2O3. The lowest BCUT2D eigenvalue weighted by molar-refractivity contribution is -0.131. The van der Waals surface area contributed by atoms with E-state index >= 15 is 0 Å². The van der Waals surface area contributed by atoms with Crippen LogP contribution in [0.1, 0.15) is 11.1 Å². The van der Waals surface area contributed by atoms with Gasteiger partial charge in [-0.3, -0.25) is 9.59 Å². The van der Waals surface area contributed by atoms with Gasteiger partial charge in [0.05, 0.1) is 13.7 Å². The number of rotatable bonds is 7. The summed E-state index contributed by atoms with van der Waals surface area (Å²) in [6.45, 7) is -0.0388. The van der Waals surface area contributed by atoms with Crippen molar-refractivity contribution >= 4 is 17.9 Å². The molecule has 0 aliphatic carbocycles. The van der Waals surface area contributed by atoms with Gasteiger partial charge in [0.25, 0.3) is 0 Å². The molecule has 0 aliphatic heterocycles. The summed E-state index contributed by atoms with van der Waals surface area (Å²) < 4.78 is 18.6. The Bertz CT molecular complexity index is 805. The van der Waals surface area contributed by atoms with Crippen LogP contribution >= 0.6 is 0 Å². The molecule has 0 fully saturated rings. The van der Waals surface area contributed by atoms with Gasteiger partial charge in [-0.1, -0.05) is 30.3 Å². The molecular weight excluding hydrogens is 335 g/mol. The molecule has 0 aliphatic rings. The second-order valence-corrected chi connectivity index (χ2v) is 5.67. The van der Waals surface area contributed by atoms with Crippen LogP contribution in [0.25, 0.3) is 6.08 Å². The highest BCUT2D eigenvalue weighted by Crippen LogP contribution is 2.13. The molecule has 0 spiro atoms. The molecule has 0 unspecified atom stereocenters. The first-order valence-corrected chi connectivity index (χ1v) is 8.07. The molecule has 0 bridgehead atoms. The van der Waals surface area contributed by atoms with Gasteiger partial charge < -0.3 is 15.0 Å². The fourth-order valence-corrected chi connectivity index (χ4v) is 2.22. The van der Waals surface area contributed by atoms with Gasteiger partial charge in [0.1, 0.15) is 11.6 Å². The Morgan fingerprint density at radius 3 is 2.69 bits per heavy atom. The van der Waals surface area contributed by atoms with E-state index < -0.39 is 0 Å². The van der Waals surface area contributed by atoms with Gasteiger partial charge in [-0.25, -0.2) is 4.39 Å². The van der Waals surface area contributed by atoms with E-state index in [0.29, 0.717) is 11.3 Å². The Balaban J connectivity index is 1.84. The quantitative estimate of drug-likeness (QED) is 0.776. The maximum atomic E-state index is 13.5. The van der Waals surface area contributed by atoms with E-state index in [0.717, 1.165) is 5.56 Å². The minimum atomic E-state index is -0.376. The van der Waals surface area contributed by atoms with Crippen LogP contribution in [-0.4, -0.2) is 37.4 Å². The fourth-order valence-electron chi connectivity index (χ4n) is 2.22. The van der Waals surface area contributed by atoms with Crippen molar-refractivity contribution in [2.75, 3.05) is 20.7 Å². The van der Waals surface area contributed by atoms with Crippen LogP contribution in [0.15, 0.2) is 54.6 Å². The van der Waals surface area contributed by atoms with Crippen LogP contribution in [0.2, 0.25) is 0 Å². The number of ether oxygens (including phenoxy) is 1. The molecule has 0 saturated heterocycles. The molecule has 0 aromatic heterocycles. The van der Waals surface area contributed by atoms with Crippen molar-refractivity contribution in [3.63, 3.8) is 0 Å². The van der Waals surface area contributed by atoms with Crippen molar-refractivity contribution in [2.24, 2.45) is 0 Å². The zero-order chi connectivity index (χ0) is 18.9. The molecule has 0 heterocycles. The largest absolute Gasteiger partial charge is 0.497 e. The average Bonchev–Trinajstić information content (AvgIpc) is 2.65. The smallest absolute Gasteiger partial charge is 0.246 e. The summed E-state index contributed by atoms with van der Waals surface area (Å²) in [6, 6.07) is 13.5. The zero-order valence-corrected chi connectivity index (χ0v) is 14.7. The van der Waals surface area contributed by atoms with E-state index in [1.807, 2.05) is 18.2 Å². The number of methoxy groups -OCH3 is 1. The second kappa shape index (κ2) is 9.36. The van der Waals surface area contributed by atoms with Gasteiger partial charge in [-0.15, -0.1) is 0 Å². The standard InChI is InChI=1S/C20H21FN2O3/c1-23(14-19(24)22-13-16-7-3-4-9-18(16)21)20(25)11-10-15-6-5-8-17(12-15)26-2/h3-12H,13-14H2,1-2H3,(H,22,24)/b11-10+. The van der Waals surface area contributed by atoms with Crippen LogP contribution in [0.4, 0.5) is 4.39 Å². The third-order valence-corrected chi connectivity index (χ3v) is 3.70. The Hall–Kier alpha value is -3.15. The van der Waals surface area contributed by atoms with Crippen molar-refractivity contribution in [3.8, 4) is 5.75 Å². The average molecular weight is 356 g/mol. The van der Waals surface area contributed by atoms with E-state index in [-0.39, 0.29) is 30.7 Å². The van der Waals surface area contributed by atoms with Gasteiger partial charge in [-0.05, 0) is 29.8 Å². The summed E-state index contributed by atoms with van der Waals surface area (Å²) in [6.07, 6.45) is 3.04. The Morgan fingerprint density at radius 1 is 1.19 bits per heavy atom. The summed E-state index contributed by atoms with van der Waals surface area (Å²) in [7, 11) is 3.10. The summed E-state index contributed by atoms with van der Waals surface area (Å²) in [5.74, 6) is -0.355. The number of hydrogen-bond acceptors (Lipinski definition) is 3. The van der Waals surface area contributed by atoms with Crippen LogP contribution in [0, 0.1) is 5.82 Å². The van der Waals surface area contributed by atoms with E-state index in [9.17, 15) is 14.0 Å². The molecule has 2 aromatic rings. The van der Waals surface area contributed by atoms with Crippen molar-refractivity contribution in [3.05, 3.63) is 71.6 Å². The molecule has 136 valence electrons. The molecule has 0 saturated carbocycles. The number of carbonyl (C=O) groups excluding carboxylic acids is 2. The number of nitrogens with zero attached hydrogens (tertiary/aromatic N) is 1. The van der Waals surface area contributed by atoms with Crippen molar-refractivity contribution in [1.29, 1.82) is 0 Å². The maximum absolute atomic E-state index is 13.5. The summed E-state index contributed by atoms with van der Waals surface area (Å²) in [5.41, 5.74) is 1.21. The molecule has 2 amide bonds. The lowest BCUT2D eigenvalue weighted by Gasteiger charge is -2.15. The molecule has 2 rings (SSSR count). The van der Waals surface area contributed by atoms with Gasteiger partial charge in [0.15, 0.2) is 0 Å². The highest BCUT2D eigenvalue weighted by Gasteiger charge is 2.11. The highest BCUT2D eigenvalue weighted by atomic mass is 19.1. The van der Waals surface area contributed by atoms with Crippen molar-refractivity contribution in [1.82, 2.24) is 10.2 Å². The molecule has 5 nitrogen and oxygen atoms in total. The van der Waals surface area contributed by atoms with E-state index in [1.54, 1.807) is 37.5 Å². The molecule has 0 radical (unpaired) electrons. The number of nitrogens with one attached hydrogen (secondary N) is 1. The first kappa shape index (κ1) is 19.2. The van der Waals surface area contributed by atoms with Crippen LogP contribution in [0.5, 0.6) is 5.75 Å². The highest BCUT2D eigenvalue weighted by molar-refractivity contribution is 5.94. The molecule has 26 heavy (non-hydrogen) atoms. The molecule has 2 aromatic carbocycles. The predicted octanol–water partition coefficient (Wildman–Crippen LogP) is 2.62. The second-order valence-electron chi connectivity index (χ2n) is 5.67. The van der Waals surface area contributed by atoms with Gasteiger partial charge in [0, 0.05) is 25.2 Å². The van der Waals surface area contributed by atoms with E-state index in [1.165, 1.54) is 24.1 Å². The molecule has 0 atom stereocenters. The lowest BCUT2D eigenvalue weighted by atomic mass is 10.2. The molecule has 1 N–H and O–H groups in total. The number of hydrogen-bond donors (Lipinski definition) is 1. The third kappa shape index (κ3) is 5.73. The summed E-state index contributed by atoms with van der Waals surface area (Å²) >= 11 is 0. The van der Waals surface area contributed by atoms with Crippen molar-refractivity contribution < 1.29 is 18.7 Å². The van der Waals surface area contributed by atoms with Gasteiger partial charge in [0.2, 0.25) is 11.8 Å². The predicted molar refractivity (Wildman–Crippen MR) is 97.9 cm³/mol. The van der Waals surface area contributed by atoms with Crippen LogP contribution in [0.3, 0.4) is 0 Å². The SMILES string of the molecule is COc1cccc(/C=C/C(=O)N(C)CC(=O)NCc2ccccc2F)c1. The maximum Gasteiger partial charge on any atom is 0.246 e. The van der Waals surface area contributed by atoms with Crippen LogP contribution < -0.4 is 10.1 Å². The number of benzene rings is 2. The number of carbonyl (C=O) groups is 2. The summed E-state index contributed by atoms with van der Waals surface area (Å²) in [5, 5.41) is 2.60. The third-order valence-electron chi connectivity index (χ3n) is 3.70. The molecule has 6 heteroatoms. The summed E-state index contributed by atoms with van der Waals surface area (Å²) in [4.78, 5) is 25.3. The minimum absolute atomic E-state index is 0.0766. The first-order chi connectivity index (χ1) is 12.5. The minimum Gasteiger partial charge on any atom is -0.497 e. The Kier molecular flexibility index (Phi) is 6.91. The van der Waals surface area contributed by atoms with Gasteiger partial charge in [-0.2, -0.15) is 0 Å². The number of amides is 2. The topological polar surface area (TPSA) is 58.6 Å². The Morgan fingerprint density at radius 2 is 1.96 bits per heavy atom. The number of likely N-dealkylation sites (N-methyl/N-ethyl adjacent to an activating group) is 1. The number of halogens is 1. The van der Waals surface area contributed by atoms with Crippen LogP contribution in [-0.2, 0) is 16.1 Å². The zero-order valence-electron chi connectivity index (χ0n) is 14.7. The normalized spacial score (nSPS) is 10.6. The Labute approximate surface area is 152 Å². The van der Waals surface area contributed by atoms with Crippen molar-refractivity contribution in [2.45, 2.75) is 6.54 Å². The fraction of sp³-hybridized carbons (Fsp3) is 0.200. The lowest BCUT2D eigenvalue weighted by Crippen LogP contribution is -2.37. The monoisotopic (exact) mass is 356 g/mol. The van der Waals surface area contributed by atoms with E-state index in [2.05, 4.69) is 5.32 Å². The first-order valence-electron chi connectivity index (χ1n) is 8.07.